The second-order valence-electron chi connectivity index (χ2n) is 16.4. The zero-order chi connectivity index (χ0) is 37.8. The molecule has 11 aromatic carbocycles. The molecule has 11 aromatic rings. The number of hydrogen-bond acceptors (Lipinski definition) is 0. The molecule has 0 N–H and O–H groups in total. The Bertz CT molecular complexity index is 3410. The summed E-state index contributed by atoms with van der Waals surface area (Å²) in [5, 5.41) is 15.4. The maximum Gasteiger partial charge on any atom is 0.0171 e. The molecule has 0 saturated carbocycles. The van der Waals surface area contributed by atoms with Gasteiger partial charge in [0.1, 0.15) is 0 Å². The lowest BCUT2D eigenvalue weighted by Gasteiger charge is -2.26. The maximum absolute atomic E-state index is 2.40. The van der Waals surface area contributed by atoms with Gasteiger partial charge in [-0.15, -0.1) is 0 Å². The van der Waals surface area contributed by atoms with E-state index in [1.54, 1.807) is 0 Å². The molecule has 0 heteroatoms. The van der Waals surface area contributed by atoms with Crippen LogP contribution >= 0.6 is 0 Å². The van der Waals surface area contributed by atoms with Gasteiger partial charge in [0.05, 0.1) is 0 Å². The fourth-order valence-electron chi connectivity index (χ4n) is 10.5. The summed E-state index contributed by atoms with van der Waals surface area (Å²) in [6.07, 6.45) is 0. The van der Waals surface area contributed by atoms with Gasteiger partial charge in [0.15, 0.2) is 0 Å². The molecule has 0 fully saturated rings. The molecule has 0 aliphatic heterocycles. The van der Waals surface area contributed by atoms with Crippen molar-refractivity contribution in [3.05, 3.63) is 205 Å². The Morgan fingerprint density at radius 3 is 1.49 bits per heavy atom. The largest absolute Gasteiger partial charge is 0.0616 e. The molecule has 1 aliphatic carbocycles. The molecule has 0 nitrogen and oxygen atoms in total. The molecule has 266 valence electrons. The minimum Gasteiger partial charge on any atom is -0.0616 e. The molecule has 0 heterocycles. The second kappa shape index (κ2) is 12.0. The van der Waals surface area contributed by atoms with Crippen molar-refractivity contribution >= 4 is 64.6 Å². The summed E-state index contributed by atoms with van der Waals surface area (Å²) in [7, 11) is 0. The summed E-state index contributed by atoms with van der Waals surface area (Å²) in [5.74, 6) is 0. The van der Waals surface area contributed by atoms with Crippen molar-refractivity contribution < 1.29 is 0 Å². The first-order chi connectivity index (χ1) is 28.0. The summed E-state index contributed by atoms with van der Waals surface area (Å²) in [6, 6.07) is 72.6. The molecule has 0 amide bonds. The third-order valence-electron chi connectivity index (χ3n) is 13.0. The minimum atomic E-state index is -0.134. The van der Waals surface area contributed by atoms with Crippen LogP contribution in [0, 0.1) is 0 Å². The Kier molecular flexibility index (Phi) is 6.78. The molecule has 0 bridgehead atoms. The Labute approximate surface area is 332 Å². The highest BCUT2D eigenvalue weighted by Crippen LogP contribution is 2.54. The van der Waals surface area contributed by atoms with E-state index in [0.29, 0.717) is 0 Å². The molecule has 0 spiro atoms. The molecule has 57 heavy (non-hydrogen) atoms. The van der Waals surface area contributed by atoms with Crippen molar-refractivity contribution in [2.75, 3.05) is 0 Å². The van der Waals surface area contributed by atoms with E-state index >= 15 is 0 Å². The van der Waals surface area contributed by atoms with Crippen LogP contribution < -0.4 is 0 Å². The van der Waals surface area contributed by atoms with Crippen LogP contribution in [0.25, 0.3) is 109 Å². The quantitative estimate of drug-likeness (QED) is 0.126. The van der Waals surface area contributed by atoms with Crippen LogP contribution in [0.2, 0.25) is 0 Å². The van der Waals surface area contributed by atoms with Gasteiger partial charge in [-0.3, -0.25) is 0 Å². The monoisotopic (exact) mass is 722 g/mol. The number of rotatable bonds is 3. The Morgan fingerprint density at radius 1 is 0.263 bits per heavy atom. The zero-order valence-corrected chi connectivity index (χ0v) is 32.0. The third-order valence-corrected chi connectivity index (χ3v) is 13.0. The average Bonchev–Trinajstić information content (AvgIpc) is 3.51. The smallest absolute Gasteiger partial charge is 0.0171 e. The van der Waals surface area contributed by atoms with E-state index in [1.165, 1.54) is 120 Å². The highest BCUT2D eigenvalue weighted by molar-refractivity contribution is 6.25. The first kappa shape index (κ1) is 32.2. The lowest BCUT2D eigenvalue weighted by molar-refractivity contribution is 0.668. The van der Waals surface area contributed by atoms with Crippen LogP contribution in [0.5, 0.6) is 0 Å². The molecular weight excluding hydrogens is 685 g/mol. The lowest BCUT2D eigenvalue weighted by Crippen LogP contribution is -2.16. The van der Waals surface area contributed by atoms with E-state index in [0.717, 1.165) is 0 Å². The second-order valence-corrected chi connectivity index (χ2v) is 16.4. The van der Waals surface area contributed by atoms with Gasteiger partial charge in [0.25, 0.3) is 0 Å². The van der Waals surface area contributed by atoms with Crippen molar-refractivity contribution in [3.63, 3.8) is 0 Å². The topological polar surface area (TPSA) is 0 Å². The highest BCUT2D eigenvalue weighted by atomic mass is 14.4. The van der Waals surface area contributed by atoms with Crippen molar-refractivity contribution in [2.24, 2.45) is 0 Å². The fourth-order valence-corrected chi connectivity index (χ4v) is 10.5. The minimum absolute atomic E-state index is 0.134. The molecule has 12 rings (SSSR count). The maximum atomic E-state index is 2.40. The summed E-state index contributed by atoms with van der Waals surface area (Å²) in [5.41, 5.74) is 13.1. The fraction of sp³-hybridized carbons (Fsp3) is 0.0526. The third kappa shape index (κ3) is 4.62. The van der Waals surface area contributed by atoms with Crippen LogP contribution in [0.1, 0.15) is 25.0 Å². The van der Waals surface area contributed by atoms with E-state index in [9.17, 15) is 0 Å². The van der Waals surface area contributed by atoms with Gasteiger partial charge in [0.2, 0.25) is 0 Å². The van der Waals surface area contributed by atoms with Crippen LogP contribution in [-0.4, -0.2) is 0 Å². The van der Waals surface area contributed by atoms with Crippen LogP contribution in [0.4, 0.5) is 0 Å². The average molecular weight is 723 g/mol. The Hall–Kier alpha value is -7.02. The summed E-state index contributed by atoms with van der Waals surface area (Å²) in [4.78, 5) is 0. The van der Waals surface area contributed by atoms with Gasteiger partial charge in [0, 0.05) is 5.41 Å². The number of fused-ring (bicyclic) bond motifs is 11. The van der Waals surface area contributed by atoms with E-state index in [1.807, 2.05) is 0 Å². The number of benzene rings is 11. The molecule has 0 radical (unpaired) electrons. The summed E-state index contributed by atoms with van der Waals surface area (Å²) >= 11 is 0. The van der Waals surface area contributed by atoms with Crippen molar-refractivity contribution in [2.45, 2.75) is 19.3 Å². The molecular formula is C57H38. The van der Waals surface area contributed by atoms with Gasteiger partial charge >= 0.3 is 0 Å². The van der Waals surface area contributed by atoms with Gasteiger partial charge in [-0.1, -0.05) is 196 Å². The first-order valence-corrected chi connectivity index (χ1v) is 20.1. The normalized spacial score (nSPS) is 13.2. The van der Waals surface area contributed by atoms with Crippen molar-refractivity contribution in [3.8, 4) is 44.5 Å². The van der Waals surface area contributed by atoms with Crippen molar-refractivity contribution in [1.82, 2.24) is 0 Å². The lowest BCUT2D eigenvalue weighted by atomic mass is 9.77. The Balaban J connectivity index is 1.03. The van der Waals surface area contributed by atoms with Gasteiger partial charge in [-0.2, -0.15) is 0 Å². The number of hydrogen-bond donors (Lipinski definition) is 0. The Morgan fingerprint density at radius 2 is 0.772 bits per heavy atom. The van der Waals surface area contributed by atoms with E-state index in [-0.39, 0.29) is 5.41 Å². The molecule has 0 aromatic heterocycles. The van der Waals surface area contributed by atoms with Gasteiger partial charge < -0.3 is 0 Å². The van der Waals surface area contributed by atoms with Gasteiger partial charge in [-0.05, 0) is 132 Å². The predicted molar refractivity (Wildman–Crippen MR) is 245 cm³/mol. The SMILES string of the molecule is CC1(C)c2c(-c3ccc(-c4c5ccccc5c(-c5cccc6c5ccc5cc7ccccc7cc56)c5ccccc45)cc3)cccc2-c2ccc3ccccc3c21. The van der Waals surface area contributed by atoms with Crippen LogP contribution in [0.15, 0.2) is 194 Å². The first-order valence-electron chi connectivity index (χ1n) is 20.1. The highest BCUT2D eigenvalue weighted by Gasteiger charge is 2.38. The summed E-state index contributed by atoms with van der Waals surface area (Å²) in [6.45, 7) is 4.81. The van der Waals surface area contributed by atoms with E-state index in [4.69, 9.17) is 0 Å². The molecule has 0 unspecified atom stereocenters. The van der Waals surface area contributed by atoms with E-state index < -0.39 is 0 Å². The van der Waals surface area contributed by atoms with Crippen molar-refractivity contribution in [1.29, 1.82) is 0 Å². The molecule has 0 saturated heterocycles. The van der Waals surface area contributed by atoms with E-state index in [2.05, 4.69) is 208 Å². The zero-order valence-electron chi connectivity index (χ0n) is 32.0. The standard InChI is InChI=1S/C57H38/c1-57(2)55-42(21-11-24-50(55)51-32-29-35-13-5-6-16-41(35)56(51)57)36-25-27-37(28-26-36)53-46-17-7-9-19-48(46)54(49-20-10-8-18-47(49)53)45-23-12-22-43-44(45)31-30-40-33-38-14-3-4-15-39(38)34-52(40)43/h3-34H,1-2H3. The molecule has 0 atom stereocenters. The van der Waals surface area contributed by atoms with Gasteiger partial charge in [-0.25, -0.2) is 0 Å². The summed E-state index contributed by atoms with van der Waals surface area (Å²) < 4.78 is 0. The van der Waals surface area contributed by atoms with Crippen LogP contribution in [0.3, 0.4) is 0 Å². The molecule has 1 aliphatic rings. The predicted octanol–water partition coefficient (Wildman–Crippen LogP) is 15.9. The van der Waals surface area contributed by atoms with Crippen LogP contribution in [-0.2, 0) is 5.41 Å².